The normalized spacial score (nSPS) is 12.4. The summed E-state index contributed by atoms with van der Waals surface area (Å²) < 4.78 is 6.59. The number of thiophene rings is 1. The molecule has 2 rings (SSSR count). The van der Waals surface area contributed by atoms with Gasteiger partial charge in [0.15, 0.2) is 0 Å². The molecular weight excluding hydrogens is 334 g/mol. The molecule has 1 aromatic heterocycles. The maximum absolute atomic E-state index is 5.56. The van der Waals surface area contributed by atoms with Crippen molar-refractivity contribution in [3.63, 3.8) is 0 Å². The number of ether oxygens (including phenoxy) is 1. The lowest BCUT2D eigenvalue weighted by atomic mass is 9.98. The summed E-state index contributed by atoms with van der Waals surface area (Å²) in [6.07, 6.45) is 0. The van der Waals surface area contributed by atoms with Gasteiger partial charge in [-0.2, -0.15) is 0 Å². The van der Waals surface area contributed by atoms with Crippen molar-refractivity contribution < 1.29 is 4.74 Å². The van der Waals surface area contributed by atoms with E-state index in [4.69, 9.17) is 4.74 Å². The van der Waals surface area contributed by atoms with Crippen LogP contribution in [0.3, 0.4) is 0 Å². The van der Waals surface area contributed by atoms with E-state index in [0.717, 1.165) is 16.8 Å². The van der Waals surface area contributed by atoms with Crippen molar-refractivity contribution in [3.8, 4) is 5.75 Å². The van der Waals surface area contributed by atoms with Crippen LogP contribution in [0.25, 0.3) is 0 Å². The molecule has 1 N–H and O–H groups in total. The van der Waals surface area contributed by atoms with Gasteiger partial charge >= 0.3 is 0 Å². The Kier molecular flexibility index (Phi) is 5.24. The van der Waals surface area contributed by atoms with Gasteiger partial charge in [-0.15, -0.1) is 11.3 Å². The summed E-state index contributed by atoms with van der Waals surface area (Å²) in [5.74, 6) is 0.911. The van der Waals surface area contributed by atoms with Crippen LogP contribution in [0.15, 0.2) is 28.7 Å². The Morgan fingerprint density at radius 3 is 2.55 bits per heavy atom. The molecular formula is C16H20BrNOS. The van der Waals surface area contributed by atoms with E-state index in [-0.39, 0.29) is 6.04 Å². The summed E-state index contributed by atoms with van der Waals surface area (Å²) >= 11 is 5.35. The standard InChI is InChI=1S/C16H20BrNOS/c1-5-18-16(14-8-10(2)20-11(14)3)13-7-6-12(17)9-15(13)19-4/h6-9,16,18H,5H2,1-4H3. The van der Waals surface area contributed by atoms with Gasteiger partial charge in [-0.25, -0.2) is 0 Å². The highest BCUT2D eigenvalue weighted by Crippen LogP contribution is 2.36. The van der Waals surface area contributed by atoms with Crippen LogP contribution < -0.4 is 10.1 Å². The monoisotopic (exact) mass is 353 g/mol. The highest BCUT2D eigenvalue weighted by molar-refractivity contribution is 9.10. The van der Waals surface area contributed by atoms with Crippen LogP contribution in [0.5, 0.6) is 5.75 Å². The van der Waals surface area contributed by atoms with Crippen LogP contribution >= 0.6 is 27.3 Å². The molecule has 0 aliphatic carbocycles. The minimum Gasteiger partial charge on any atom is -0.496 e. The average molecular weight is 354 g/mol. The summed E-state index contributed by atoms with van der Waals surface area (Å²) in [7, 11) is 1.72. The van der Waals surface area contributed by atoms with Crippen molar-refractivity contribution in [1.29, 1.82) is 0 Å². The number of nitrogens with one attached hydrogen (secondary N) is 1. The third-order valence-electron chi connectivity index (χ3n) is 3.31. The number of hydrogen-bond acceptors (Lipinski definition) is 3. The Hall–Kier alpha value is -0.840. The van der Waals surface area contributed by atoms with Gasteiger partial charge in [-0.05, 0) is 44.2 Å². The van der Waals surface area contributed by atoms with Gasteiger partial charge in [-0.1, -0.05) is 28.9 Å². The zero-order valence-electron chi connectivity index (χ0n) is 12.3. The minimum absolute atomic E-state index is 0.174. The molecule has 0 aliphatic heterocycles. The molecule has 1 aromatic carbocycles. The average Bonchev–Trinajstić information content (AvgIpc) is 2.75. The maximum atomic E-state index is 5.56. The lowest BCUT2D eigenvalue weighted by molar-refractivity contribution is 0.404. The molecule has 1 atom stereocenters. The van der Waals surface area contributed by atoms with Crippen LogP contribution in [-0.2, 0) is 0 Å². The third-order valence-corrected chi connectivity index (χ3v) is 4.78. The fraction of sp³-hybridized carbons (Fsp3) is 0.375. The highest BCUT2D eigenvalue weighted by Gasteiger charge is 2.20. The van der Waals surface area contributed by atoms with Crippen LogP contribution in [0.4, 0.5) is 0 Å². The molecule has 1 heterocycles. The second-order valence-electron chi connectivity index (χ2n) is 4.75. The largest absolute Gasteiger partial charge is 0.496 e. The number of methoxy groups -OCH3 is 1. The number of benzene rings is 1. The first-order valence-electron chi connectivity index (χ1n) is 6.70. The molecule has 1 unspecified atom stereocenters. The van der Waals surface area contributed by atoms with E-state index >= 15 is 0 Å². The second kappa shape index (κ2) is 6.74. The van der Waals surface area contributed by atoms with E-state index in [9.17, 15) is 0 Å². The van der Waals surface area contributed by atoms with Crippen LogP contribution in [0.1, 0.15) is 33.8 Å². The van der Waals surface area contributed by atoms with Gasteiger partial charge in [0, 0.05) is 19.8 Å². The minimum atomic E-state index is 0.174. The first kappa shape index (κ1) is 15.5. The van der Waals surface area contributed by atoms with E-state index in [2.05, 4.69) is 60.2 Å². The zero-order chi connectivity index (χ0) is 14.7. The first-order valence-corrected chi connectivity index (χ1v) is 8.31. The first-order chi connectivity index (χ1) is 9.56. The lowest BCUT2D eigenvalue weighted by Gasteiger charge is -2.21. The van der Waals surface area contributed by atoms with Crippen molar-refractivity contribution in [2.75, 3.05) is 13.7 Å². The highest BCUT2D eigenvalue weighted by atomic mass is 79.9. The summed E-state index contributed by atoms with van der Waals surface area (Å²) in [6.45, 7) is 7.39. The Morgan fingerprint density at radius 2 is 2.00 bits per heavy atom. The van der Waals surface area contributed by atoms with Gasteiger partial charge in [0.1, 0.15) is 5.75 Å². The van der Waals surface area contributed by atoms with Gasteiger partial charge in [0.25, 0.3) is 0 Å². The van der Waals surface area contributed by atoms with Gasteiger partial charge < -0.3 is 10.1 Å². The summed E-state index contributed by atoms with van der Waals surface area (Å²) in [6, 6.07) is 8.66. The Bertz CT molecular complexity index is 594. The van der Waals surface area contributed by atoms with Gasteiger partial charge in [-0.3, -0.25) is 0 Å². The van der Waals surface area contributed by atoms with Crippen LogP contribution in [0, 0.1) is 13.8 Å². The molecule has 0 radical (unpaired) electrons. The van der Waals surface area contributed by atoms with Gasteiger partial charge in [0.05, 0.1) is 13.2 Å². The van der Waals surface area contributed by atoms with Crippen molar-refractivity contribution >= 4 is 27.3 Å². The molecule has 4 heteroatoms. The van der Waals surface area contributed by atoms with E-state index in [1.54, 1.807) is 7.11 Å². The van der Waals surface area contributed by atoms with Crippen molar-refractivity contribution in [2.24, 2.45) is 0 Å². The molecule has 0 spiro atoms. The fourth-order valence-corrected chi connectivity index (χ4v) is 3.76. The Labute approximate surface area is 133 Å². The smallest absolute Gasteiger partial charge is 0.125 e. The van der Waals surface area contributed by atoms with E-state index < -0.39 is 0 Å². The summed E-state index contributed by atoms with van der Waals surface area (Å²) in [5.41, 5.74) is 2.52. The second-order valence-corrected chi connectivity index (χ2v) is 7.12. The maximum Gasteiger partial charge on any atom is 0.125 e. The van der Waals surface area contributed by atoms with Crippen molar-refractivity contribution in [3.05, 3.63) is 49.6 Å². The van der Waals surface area contributed by atoms with Crippen molar-refractivity contribution in [1.82, 2.24) is 5.32 Å². The molecule has 0 amide bonds. The predicted octanol–water partition coefficient (Wildman–Crippen LogP) is 4.83. The molecule has 0 bridgehead atoms. The SMILES string of the molecule is CCNC(c1ccc(Br)cc1OC)c1cc(C)sc1C. The summed E-state index contributed by atoms with van der Waals surface area (Å²) in [4.78, 5) is 2.70. The molecule has 20 heavy (non-hydrogen) atoms. The van der Waals surface area contributed by atoms with Gasteiger partial charge in [0.2, 0.25) is 0 Å². The summed E-state index contributed by atoms with van der Waals surface area (Å²) in [5, 5.41) is 3.57. The van der Waals surface area contributed by atoms with Crippen LogP contribution in [0.2, 0.25) is 0 Å². The molecule has 0 saturated carbocycles. The molecule has 2 nitrogen and oxygen atoms in total. The Balaban J connectivity index is 2.51. The number of aryl methyl sites for hydroxylation is 2. The predicted molar refractivity (Wildman–Crippen MR) is 90.0 cm³/mol. The number of halogens is 1. The number of rotatable bonds is 5. The molecule has 0 aliphatic rings. The van der Waals surface area contributed by atoms with E-state index in [1.165, 1.54) is 20.9 Å². The Morgan fingerprint density at radius 1 is 1.25 bits per heavy atom. The van der Waals surface area contributed by atoms with Crippen molar-refractivity contribution in [2.45, 2.75) is 26.8 Å². The molecule has 2 aromatic rings. The van der Waals surface area contributed by atoms with E-state index in [0.29, 0.717) is 0 Å². The van der Waals surface area contributed by atoms with E-state index in [1.807, 2.05) is 17.4 Å². The molecule has 0 saturated heterocycles. The quantitative estimate of drug-likeness (QED) is 0.830. The zero-order valence-corrected chi connectivity index (χ0v) is 14.7. The lowest BCUT2D eigenvalue weighted by Crippen LogP contribution is -2.22. The van der Waals surface area contributed by atoms with Crippen LogP contribution in [-0.4, -0.2) is 13.7 Å². The third kappa shape index (κ3) is 3.25. The number of hydrogen-bond donors (Lipinski definition) is 1. The fourth-order valence-electron chi connectivity index (χ4n) is 2.45. The topological polar surface area (TPSA) is 21.3 Å². The molecule has 0 fully saturated rings. The molecule has 108 valence electrons.